The summed E-state index contributed by atoms with van der Waals surface area (Å²) in [5, 5.41) is 2.91. The summed E-state index contributed by atoms with van der Waals surface area (Å²) >= 11 is 0. The zero-order valence-corrected chi connectivity index (χ0v) is 13.3. The number of carbonyl (C=O) groups excluding carboxylic acids is 2. The maximum absolute atomic E-state index is 12.8. The zero-order chi connectivity index (χ0) is 16.0. The molecule has 118 valence electrons. The topological polar surface area (TPSA) is 56.2 Å². The number of rotatable bonds is 2. The minimum absolute atomic E-state index is 0. The average molecular weight is 324 g/mol. The summed E-state index contributed by atoms with van der Waals surface area (Å²) in [5.74, 6) is -0.477. The van der Waals surface area contributed by atoms with Crippen LogP contribution in [0, 0.1) is 12.8 Å². The number of amides is 2. The molecule has 0 radical (unpaired) electrons. The van der Waals surface area contributed by atoms with E-state index in [2.05, 4.69) is 4.99 Å². The Morgan fingerprint density at radius 3 is 2.43 bits per heavy atom. The van der Waals surface area contributed by atoms with Gasteiger partial charge in [-0.1, -0.05) is 19.4 Å². The third kappa shape index (κ3) is 2.79. The molecule has 7 heteroatoms. The fourth-order valence-electron chi connectivity index (χ4n) is 2.89. The van der Waals surface area contributed by atoms with E-state index in [0.29, 0.717) is 23.8 Å². The molecule has 0 aromatic heterocycles. The molecule has 0 bridgehead atoms. The molecule has 6 nitrogen and oxygen atoms in total. The molecule has 2 aliphatic rings. The second-order valence-corrected chi connectivity index (χ2v) is 5.94. The summed E-state index contributed by atoms with van der Waals surface area (Å²) < 4.78 is 0. The van der Waals surface area contributed by atoms with E-state index >= 15 is 0 Å². The second-order valence-electron chi connectivity index (χ2n) is 5.94. The summed E-state index contributed by atoms with van der Waals surface area (Å²) in [6, 6.07) is 5.74. The molecule has 1 atom stereocenters. The van der Waals surface area contributed by atoms with Gasteiger partial charge >= 0.3 is 29.6 Å². The van der Waals surface area contributed by atoms with Crippen LogP contribution < -0.4 is 5.01 Å². The van der Waals surface area contributed by atoms with Crippen LogP contribution in [0.5, 0.6) is 0 Å². The fourth-order valence-corrected chi connectivity index (χ4v) is 2.89. The molecule has 1 aromatic carbocycles. The molecule has 0 aliphatic carbocycles. The Labute approximate surface area is 158 Å². The molecule has 1 fully saturated rings. The summed E-state index contributed by atoms with van der Waals surface area (Å²) in [5.41, 5.74) is 2.42. The Morgan fingerprint density at radius 1 is 1.17 bits per heavy atom. The van der Waals surface area contributed by atoms with E-state index in [1.54, 1.807) is 4.90 Å². The number of benzene rings is 1. The zero-order valence-electron chi connectivity index (χ0n) is 13.3. The fraction of sp³-hybridized carbons (Fsp3) is 0.438. The molecule has 2 amide bonds. The minimum atomic E-state index is -0.610. The number of hydrogen-bond donors (Lipinski definition) is 0. The first-order chi connectivity index (χ1) is 10.5. The number of fused-ring (bicyclic) bond motifs is 3. The maximum atomic E-state index is 12.8. The van der Waals surface area contributed by atoms with Crippen molar-refractivity contribution in [2.24, 2.45) is 10.9 Å². The average Bonchev–Trinajstić information content (AvgIpc) is 2.72. The Morgan fingerprint density at radius 2 is 1.83 bits per heavy atom. The first-order valence-corrected chi connectivity index (χ1v) is 7.50. The molecule has 23 heavy (non-hydrogen) atoms. The quantitative estimate of drug-likeness (QED) is 0.611. The standard InChI is InChI=1S/C16H20N4O2.Na.H/c1-5-6-11-14(21)19-13-9-10(2)7-8-12(13)17-16(18(3)4)20(19)15(11)22;;/h7-9,11H,5-6H2,1-4H3;;. The van der Waals surface area contributed by atoms with Crippen molar-refractivity contribution in [3.05, 3.63) is 23.8 Å². The van der Waals surface area contributed by atoms with E-state index in [0.717, 1.165) is 12.0 Å². The van der Waals surface area contributed by atoms with Crippen molar-refractivity contribution in [2.45, 2.75) is 26.7 Å². The molecule has 2 heterocycles. The van der Waals surface area contributed by atoms with E-state index in [-0.39, 0.29) is 41.4 Å². The van der Waals surface area contributed by atoms with Gasteiger partial charge in [0.05, 0.1) is 11.4 Å². The monoisotopic (exact) mass is 324 g/mol. The van der Waals surface area contributed by atoms with E-state index in [1.165, 1.54) is 10.0 Å². The number of carbonyl (C=O) groups is 2. The van der Waals surface area contributed by atoms with Gasteiger partial charge in [-0.05, 0) is 31.0 Å². The summed E-state index contributed by atoms with van der Waals surface area (Å²) in [7, 11) is 3.64. The summed E-state index contributed by atoms with van der Waals surface area (Å²) in [6.07, 6.45) is 1.35. The van der Waals surface area contributed by atoms with Gasteiger partial charge in [0.25, 0.3) is 11.8 Å². The third-order valence-electron chi connectivity index (χ3n) is 3.96. The van der Waals surface area contributed by atoms with Crippen molar-refractivity contribution in [3.8, 4) is 0 Å². The molecule has 0 N–H and O–H groups in total. The Balaban J connectivity index is 0.00000192. The van der Waals surface area contributed by atoms with Crippen molar-refractivity contribution in [1.29, 1.82) is 0 Å². The SMILES string of the molecule is CCCC1C(=O)N2C(N(C)C)=Nc3ccc(C)cc3N2C1=O.[NaH]. The molecule has 0 saturated carbocycles. The molecular formula is C16H21N4NaO2. The van der Waals surface area contributed by atoms with Gasteiger partial charge in [-0.3, -0.25) is 9.59 Å². The van der Waals surface area contributed by atoms with Gasteiger partial charge in [0.2, 0.25) is 5.96 Å². The summed E-state index contributed by atoms with van der Waals surface area (Å²) in [4.78, 5) is 31.8. The number of anilines is 1. The van der Waals surface area contributed by atoms with Crippen LogP contribution in [0.4, 0.5) is 11.4 Å². The van der Waals surface area contributed by atoms with Crippen molar-refractivity contribution >= 4 is 58.7 Å². The van der Waals surface area contributed by atoms with Gasteiger partial charge in [-0.2, -0.15) is 5.01 Å². The summed E-state index contributed by atoms with van der Waals surface area (Å²) in [6.45, 7) is 3.94. The Hall–Kier alpha value is -1.37. The number of aliphatic imine (C=N–C) groups is 1. The van der Waals surface area contributed by atoms with Gasteiger partial charge in [0, 0.05) is 14.1 Å². The van der Waals surface area contributed by atoms with E-state index < -0.39 is 5.92 Å². The van der Waals surface area contributed by atoms with Gasteiger partial charge in [0.15, 0.2) is 0 Å². The van der Waals surface area contributed by atoms with E-state index in [1.807, 2.05) is 46.1 Å². The van der Waals surface area contributed by atoms with Crippen LogP contribution in [0.2, 0.25) is 0 Å². The molecule has 2 aliphatic heterocycles. The van der Waals surface area contributed by atoms with Crippen LogP contribution in [0.1, 0.15) is 25.3 Å². The molecule has 1 unspecified atom stereocenters. The van der Waals surface area contributed by atoms with Crippen molar-refractivity contribution in [1.82, 2.24) is 9.91 Å². The van der Waals surface area contributed by atoms with E-state index in [4.69, 9.17) is 0 Å². The van der Waals surface area contributed by atoms with Gasteiger partial charge in [-0.15, -0.1) is 0 Å². The van der Waals surface area contributed by atoms with Crippen LogP contribution in [-0.4, -0.2) is 71.3 Å². The Kier molecular flexibility index (Phi) is 5.18. The number of hydrazine groups is 1. The van der Waals surface area contributed by atoms with Crippen LogP contribution in [-0.2, 0) is 9.59 Å². The molecule has 3 rings (SSSR count). The van der Waals surface area contributed by atoms with Crippen molar-refractivity contribution in [3.63, 3.8) is 0 Å². The van der Waals surface area contributed by atoms with Gasteiger partial charge in [-0.25, -0.2) is 10.0 Å². The molecular weight excluding hydrogens is 303 g/mol. The van der Waals surface area contributed by atoms with Crippen molar-refractivity contribution < 1.29 is 9.59 Å². The van der Waals surface area contributed by atoms with Gasteiger partial charge in [0.1, 0.15) is 5.92 Å². The number of nitrogens with zero attached hydrogens (tertiary/aromatic N) is 4. The number of guanidine groups is 1. The number of hydrogen-bond acceptors (Lipinski definition) is 4. The van der Waals surface area contributed by atoms with Crippen LogP contribution in [0.15, 0.2) is 23.2 Å². The van der Waals surface area contributed by atoms with Gasteiger partial charge < -0.3 is 4.90 Å². The second kappa shape index (κ2) is 6.63. The van der Waals surface area contributed by atoms with E-state index in [9.17, 15) is 9.59 Å². The van der Waals surface area contributed by atoms with Crippen LogP contribution in [0.25, 0.3) is 0 Å². The predicted octanol–water partition coefficient (Wildman–Crippen LogP) is 1.42. The Bertz CT molecular complexity index is 687. The normalized spacial score (nSPS) is 19.1. The first kappa shape index (κ1) is 18.0. The van der Waals surface area contributed by atoms with Crippen LogP contribution in [0.3, 0.4) is 0 Å². The molecule has 1 aromatic rings. The number of aryl methyl sites for hydroxylation is 1. The molecule has 0 spiro atoms. The molecule has 1 saturated heterocycles. The van der Waals surface area contributed by atoms with Crippen LogP contribution >= 0.6 is 0 Å². The predicted molar refractivity (Wildman–Crippen MR) is 91.8 cm³/mol. The third-order valence-corrected chi connectivity index (χ3v) is 3.96. The first-order valence-electron chi connectivity index (χ1n) is 7.50. The van der Waals surface area contributed by atoms with Crippen molar-refractivity contribution in [2.75, 3.05) is 19.1 Å².